The Labute approximate surface area is 103 Å². The second kappa shape index (κ2) is 5.21. The third kappa shape index (κ3) is 3.48. The fourth-order valence-corrected chi connectivity index (χ4v) is 1.90. The Kier molecular flexibility index (Phi) is 3.67. The molecule has 0 saturated heterocycles. The fourth-order valence-electron chi connectivity index (χ4n) is 1.90. The average Bonchev–Trinajstić information content (AvgIpc) is 3.10. The first-order chi connectivity index (χ1) is 8.16. The molecule has 0 atom stereocenters. The summed E-state index contributed by atoms with van der Waals surface area (Å²) >= 11 is 0. The molecular weight excluding hydrogens is 210 g/mol. The smallest absolute Gasteiger partial charge is 0.192 e. The highest BCUT2D eigenvalue weighted by Crippen LogP contribution is 2.28. The molecule has 1 aromatic rings. The summed E-state index contributed by atoms with van der Waals surface area (Å²) in [4.78, 5) is 6.69. The van der Waals surface area contributed by atoms with Crippen molar-refractivity contribution < 1.29 is 0 Å². The van der Waals surface area contributed by atoms with Gasteiger partial charge in [0.2, 0.25) is 0 Å². The number of rotatable bonds is 4. The molecule has 1 aromatic carbocycles. The van der Waals surface area contributed by atoms with E-state index in [4.69, 9.17) is 5.73 Å². The monoisotopic (exact) mass is 231 g/mol. The quantitative estimate of drug-likeness (QED) is 0.638. The van der Waals surface area contributed by atoms with Gasteiger partial charge < -0.3 is 10.6 Å². The number of guanidine groups is 1. The van der Waals surface area contributed by atoms with Gasteiger partial charge in [-0.25, -0.2) is 0 Å². The molecule has 0 radical (unpaired) electrons. The summed E-state index contributed by atoms with van der Waals surface area (Å²) in [7, 11) is 0. The zero-order chi connectivity index (χ0) is 12.3. The van der Waals surface area contributed by atoms with Crippen LogP contribution in [-0.4, -0.2) is 22.9 Å². The third-order valence-electron chi connectivity index (χ3n) is 2.87. The van der Waals surface area contributed by atoms with E-state index >= 15 is 0 Å². The Hall–Kier alpha value is -1.51. The summed E-state index contributed by atoms with van der Waals surface area (Å²) in [6, 6.07) is 11.3. The van der Waals surface area contributed by atoms with Crippen LogP contribution < -0.4 is 5.73 Å². The molecule has 1 aliphatic rings. The second-order valence-corrected chi connectivity index (χ2v) is 4.93. The van der Waals surface area contributed by atoms with Gasteiger partial charge in [0.25, 0.3) is 0 Å². The summed E-state index contributed by atoms with van der Waals surface area (Å²) < 4.78 is 0. The van der Waals surface area contributed by atoms with Crippen molar-refractivity contribution in [3.05, 3.63) is 35.9 Å². The predicted octanol–water partition coefficient (Wildman–Crippen LogP) is 2.37. The SMILES string of the molecule is CC(C)N=C(N)N(Cc1ccccc1)C1CC1. The van der Waals surface area contributed by atoms with Crippen LogP contribution in [-0.2, 0) is 6.54 Å². The number of aliphatic imine (C=N–C) groups is 1. The minimum atomic E-state index is 0.257. The first-order valence-electron chi connectivity index (χ1n) is 6.30. The summed E-state index contributed by atoms with van der Waals surface area (Å²) in [5.41, 5.74) is 7.38. The van der Waals surface area contributed by atoms with Crippen LogP contribution in [0.15, 0.2) is 35.3 Å². The van der Waals surface area contributed by atoms with E-state index in [0.717, 1.165) is 6.54 Å². The first-order valence-corrected chi connectivity index (χ1v) is 6.30. The summed E-state index contributed by atoms with van der Waals surface area (Å²) in [5, 5.41) is 0. The van der Waals surface area contributed by atoms with Gasteiger partial charge in [0.05, 0.1) is 0 Å². The van der Waals surface area contributed by atoms with E-state index in [-0.39, 0.29) is 6.04 Å². The maximum atomic E-state index is 6.08. The van der Waals surface area contributed by atoms with Crippen molar-refractivity contribution in [2.24, 2.45) is 10.7 Å². The van der Waals surface area contributed by atoms with Crippen LogP contribution in [0.4, 0.5) is 0 Å². The van der Waals surface area contributed by atoms with Crippen molar-refractivity contribution in [1.29, 1.82) is 0 Å². The lowest BCUT2D eigenvalue weighted by Gasteiger charge is -2.24. The van der Waals surface area contributed by atoms with E-state index in [1.807, 2.05) is 6.07 Å². The zero-order valence-electron chi connectivity index (χ0n) is 10.6. The largest absolute Gasteiger partial charge is 0.370 e. The van der Waals surface area contributed by atoms with E-state index < -0.39 is 0 Å². The summed E-state index contributed by atoms with van der Waals surface area (Å²) in [6.45, 7) is 4.98. The van der Waals surface area contributed by atoms with Crippen LogP contribution in [0.25, 0.3) is 0 Å². The standard InChI is InChI=1S/C14H21N3/c1-11(2)16-14(15)17(13-8-9-13)10-12-6-4-3-5-7-12/h3-7,11,13H,8-10H2,1-2H3,(H2,15,16). The number of nitrogens with zero attached hydrogens (tertiary/aromatic N) is 2. The van der Waals surface area contributed by atoms with Crippen molar-refractivity contribution in [2.45, 2.75) is 45.3 Å². The maximum absolute atomic E-state index is 6.08. The molecule has 92 valence electrons. The lowest BCUT2D eigenvalue weighted by atomic mass is 10.2. The maximum Gasteiger partial charge on any atom is 0.192 e. The fraction of sp³-hybridized carbons (Fsp3) is 0.500. The van der Waals surface area contributed by atoms with Gasteiger partial charge >= 0.3 is 0 Å². The minimum absolute atomic E-state index is 0.257. The topological polar surface area (TPSA) is 41.6 Å². The Morgan fingerprint density at radius 3 is 2.53 bits per heavy atom. The van der Waals surface area contributed by atoms with Gasteiger partial charge in [0, 0.05) is 18.6 Å². The molecule has 1 saturated carbocycles. The molecule has 2 rings (SSSR count). The van der Waals surface area contributed by atoms with E-state index in [1.54, 1.807) is 0 Å². The van der Waals surface area contributed by atoms with Crippen LogP contribution in [0.5, 0.6) is 0 Å². The molecule has 3 heteroatoms. The summed E-state index contributed by atoms with van der Waals surface area (Å²) in [5.74, 6) is 0.686. The van der Waals surface area contributed by atoms with E-state index in [1.165, 1.54) is 18.4 Å². The molecule has 3 nitrogen and oxygen atoms in total. The highest BCUT2D eigenvalue weighted by molar-refractivity contribution is 5.78. The van der Waals surface area contributed by atoms with Gasteiger partial charge in [-0.15, -0.1) is 0 Å². The third-order valence-corrected chi connectivity index (χ3v) is 2.87. The minimum Gasteiger partial charge on any atom is -0.370 e. The summed E-state index contributed by atoms with van der Waals surface area (Å²) in [6.07, 6.45) is 2.47. The molecule has 0 aromatic heterocycles. The first kappa shape index (κ1) is 12.0. The Balaban J connectivity index is 2.08. The Bertz CT molecular complexity index is 380. The Morgan fingerprint density at radius 2 is 2.00 bits per heavy atom. The number of nitrogens with two attached hydrogens (primary N) is 1. The van der Waals surface area contributed by atoms with Crippen molar-refractivity contribution in [3.63, 3.8) is 0 Å². The van der Waals surface area contributed by atoms with E-state index in [2.05, 4.69) is 48.0 Å². The predicted molar refractivity (Wildman–Crippen MR) is 71.8 cm³/mol. The number of hydrogen-bond donors (Lipinski definition) is 1. The van der Waals surface area contributed by atoms with Crippen molar-refractivity contribution in [3.8, 4) is 0 Å². The molecule has 0 heterocycles. The van der Waals surface area contributed by atoms with Gasteiger partial charge in [-0.2, -0.15) is 0 Å². The molecule has 0 aliphatic heterocycles. The zero-order valence-corrected chi connectivity index (χ0v) is 10.6. The van der Waals surface area contributed by atoms with Crippen LogP contribution in [0, 0.1) is 0 Å². The van der Waals surface area contributed by atoms with Crippen molar-refractivity contribution in [1.82, 2.24) is 4.90 Å². The van der Waals surface area contributed by atoms with Gasteiger partial charge in [0.15, 0.2) is 5.96 Å². The van der Waals surface area contributed by atoms with E-state index in [9.17, 15) is 0 Å². The lowest BCUT2D eigenvalue weighted by Crippen LogP contribution is -2.39. The number of hydrogen-bond acceptors (Lipinski definition) is 1. The highest BCUT2D eigenvalue weighted by Gasteiger charge is 2.30. The van der Waals surface area contributed by atoms with Gasteiger partial charge in [-0.05, 0) is 32.3 Å². The molecule has 0 bridgehead atoms. The molecule has 1 aliphatic carbocycles. The van der Waals surface area contributed by atoms with Crippen molar-refractivity contribution in [2.75, 3.05) is 0 Å². The van der Waals surface area contributed by atoms with E-state index in [0.29, 0.717) is 12.0 Å². The van der Waals surface area contributed by atoms with Crippen molar-refractivity contribution >= 4 is 5.96 Å². The molecule has 0 spiro atoms. The van der Waals surface area contributed by atoms with Gasteiger partial charge in [0.1, 0.15) is 0 Å². The van der Waals surface area contributed by atoms with Gasteiger partial charge in [-0.3, -0.25) is 4.99 Å². The van der Waals surface area contributed by atoms with Gasteiger partial charge in [-0.1, -0.05) is 30.3 Å². The van der Waals surface area contributed by atoms with Crippen LogP contribution in [0.1, 0.15) is 32.3 Å². The van der Waals surface area contributed by atoms with Crippen LogP contribution in [0.3, 0.4) is 0 Å². The second-order valence-electron chi connectivity index (χ2n) is 4.93. The molecule has 1 fully saturated rings. The highest BCUT2D eigenvalue weighted by atomic mass is 15.3. The molecule has 0 unspecified atom stereocenters. The van der Waals surface area contributed by atoms with Crippen LogP contribution in [0.2, 0.25) is 0 Å². The normalized spacial score (nSPS) is 16.3. The molecular formula is C14H21N3. The molecule has 2 N–H and O–H groups in total. The number of benzene rings is 1. The van der Waals surface area contributed by atoms with Crippen LogP contribution >= 0.6 is 0 Å². The molecule has 17 heavy (non-hydrogen) atoms. The average molecular weight is 231 g/mol. The Morgan fingerprint density at radius 1 is 1.35 bits per heavy atom. The lowest BCUT2D eigenvalue weighted by molar-refractivity contribution is 0.395. The molecule has 0 amide bonds.